The number of sulfonamides is 1. The normalized spacial score (nSPS) is 18.0. The molecule has 0 unspecified atom stereocenters. The van der Waals surface area contributed by atoms with Crippen LogP contribution >= 0.6 is 0 Å². The van der Waals surface area contributed by atoms with Crippen molar-refractivity contribution in [2.75, 3.05) is 57.1 Å². The summed E-state index contributed by atoms with van der Waals surface area (Å²) in [4.78, 5) is 23.9. The molecule has 1 saturated carbocycles. The van der Waals surface area contributed by atoms with Gasteiger partial charge in [-0.3, -0.25) is 14.7 Å². The molecule has 10 nitrogen and oxygen atoms in total. The van der Waals surface area contributed by atoms with Crippen LogP contribution in [-0.2, 0) is 19.6 Å². The Morgan fingerprint density at radius 1 is 1.15 bits per heavy atom. The van der Waals surface area contributed by atoms with Crippen molar-refractivity contribution in [3.8, 4) is 0 Å². The SMILES string of the molecule is O=C(NCCCCCS(=O)(=O)N(OCCN1CCOCC1)C1CCCC1)Nc1ccncc1. The molecular formula is C22H37N5O5S. The fourth-order valence-corrected chi connectivity index (χ4v) is 5.75. The number of ether oxygens (including phenoxy) is 1. The molecule has 33 heavy (non-hydrogen) atoms. The first-order valence-electron chi connectivity index (χ1n) is 11.9. The lowest BCUT2D eigenvalue weighted by Gasteiger charge is -2.30. The second-order valence-electron chi connectivity index (χ2n) is 8.47. The largest absolute Gasteiger partial charge is 0.379 e. The van der Waals surface area contributed by atoms with Crippen LogP contribution < -0.4 is 10.6 Å². The van der Waals surface area contributed by atoms with Gasteiger partial charge in [0.1, 0.15) is 0 Å². The number of unbranched alkanes of at least 4 members (excludes halogenated alkanes) is 2. The minimum absolute atomic E-state index is 0.0572. The molecule has 1 aliphatic heterocycles. The van der Waals surface area contributed by atoms with Gasteiger partial charge in [0, 0.05) is 44.3 Å². The number of hydrogen-bond donors (Lipinski definition) is 2. The summed E-state index contributed by atoms with van der Waals surface area (Å²) >= 11 is 0. The number of pyridine rings is 1. The monoisotopic (exact) mass is 483 g/mol. The highest BCUT2D eigenvalue weighted by molar-refractivity contribution is 7.88. The van der Waals surface area contributed by atoms with Gasteiger partial charge < -0.3 is 15.4 Å². The van der Waals surface area contributed by atoms with E-state index in [4.69, 9.17) is 9.57 Å². The molecule has 1 aromatic rings. The van der Waals surface area contributed by atoms with E-state index in [1.165, 1.54) is 4.47 Å². The lowest BCUT2D eigenvalue weighted by atomic mass is 10.2. The van der Waals surface area contributed by atoms with E-state index in [-0.39, 0.29) is 17.8 Å². The number of nitrogens with one attached hydrogen (secondary N) is 2. The van der Waals surface area contributed by atoms with Gasteiger partial charge in [-0.2, -0.15) is 0 Å². The Morgan fingerprint density at radius 2 is 1.88 bits per heavy atom. The number of carbonyl (C=O) groups excluding carboxylic acids is 1. The summed E-state index contributed by atoms with van der Waals surface area (Å²) in [7, 11) is -3.49. The quantitative estimate of drug-likeness (QED) is 0.327. The van der Waals surface area contributed by atoms with Crippen molar-refractivity contribution in [3.63, 3.8) is 0 Å². The first-order chi connectivity index (χ1) is 16.0. The molecule has 2 heterocycles. The predicted molar refractivity (Wildman–Crippen MR) is 126 cm³/mol. The van der Waals surface area contributed by atoms with E-state index in [9.17, 15) is 13.2 Å². The number of anilines is 1. The van der Waals surface area contributed by atoms with Crippen molar-refractivity contribution < 1.29 is 22.8 Å². The van der Waals surface area contributed by atoms with Crippen molar-refractivity contribution in [1.29, 1.82) is 0 Å². The molecule has 0 bridgehead atoms. The summed E-state index contributed by atoms with van der Waals surface area (Å²) in [6, 6.07) is 3.08. The Labute approximate surface area is 197 Å². The molecule has 186 valence electrons. The van der Waals surface area contributed by atoms with Crippen molar-refractivity contribution in [2.24, 2.45) is 0 Å². The van der Waals surface area contributed by atoms with Gasteiger partial charge in [-0.25, -0.2) is 13.2 Å². The van der Waals surface area contributed by atoms with Gasteiger partial charge >= 0.3 is 6.03 Å². The number of hydrogen-bond acceptors (Lipinski definition) is 7. The lowest BCUT2D eigenvalue weighted by Crippen LogP contribution is -2.43. The summed E-state index contributed by atoms with van der Waals surface area (Å²) in [5.74, 6) is 0.0598. The number of rotatable bonds is 13. The smallest absolute Gasteiger partial charge is 0.319 e. The van der Waals surface area contributed by atoms with E-state index < -0.39 is 10.0 Å². The van der Waals surface area contributed by atoms with E-state index in [0.717, 1.165) is 38.8 Å². The number of hydroxylamine groups is 1. The van der Waals surface area contributed by atoms with Gasteiger partial charge in [0.2, 0.25) is 10.0 Å². The van der Waals surface area contributed by atoms with E-state index in [0.29, 0.717) is 57.9 Å². The van der Waals surface area contributed by atoms with Gasteiger partial charge in [-0.1, -0.05) is 23.7 Å². The number of amides is 2. The molecule has 2 amide bonds. The average molecular weight is 484 g/mol. The maximum absolute atomic E-state index is 13.0. The molecule has 2 N–H and O–H groups in total. The highest BCUT2D eigenvalue weighted by Crippen LogP contribution is 2.26. The third-order valence-electron chi connectivity index (χ3n) is 5.93. The number of carbonyl (C=O) groups is 1. The van der Waals surface area contributed by atoms with E-state index in [2.05, 4.69) is 20.5 Å². The van der Waals surface area contributed by atoms with Crippen LogP contribution in [0.2, 0.25) is 0 Å². The van der Waals surface area contributed by atoms with Crippen LogP contribution in [0.4, 0.5) is 10.5 Å². The predicted octanol–water partition coefficient (Wildman–Crippen LogP) is 2.21. The Bertz CT molecular complexity index is 799. The summed E-state index contributed by atoms with van der Waals surface area (Å²) in [6.45, 7) is 4.69. The summed E-state index contributed by atoms with van der Waals surface area (Å²) in [6.07, 6.45) is 8.95. The third-order valence-corrected chi connectivity index (χ3v) is 7.69. The highest BCUT2D eigenvalue weighted by atomic mass is 32.2. The van der Waals surface area contributed by atoms with Crippen LogP contribution in [0, 0.1) is 0 Å². The molecule has 2 aliphatic rings. The molecule has 0 atom stereocenters. The third kappa shape index (κ3) is 9.17. The molecule has 1 aliphatic carbocycles. The van der Waals surface area contributed by atoms with Crippen LogP contribution in [0.25, 0.3) is 0 Å². The Morgan fingerprint density at radius 3 is 2.61 bits per heavy atom. The number of urea groups is 1. The first kappa shape index (κ1) is 25.8. The standard InChI is InChI=1S/C22H37N5O5S/c28-22(25-20-8-11-23-12-9-20)24-10-4-1-5-19-33(29,30)27(21-6-2-3-7-21)32-18-15-26-13-16-31-17-14-26/h8-9,11-12,21H,1-7,10,13-19H2,(H2,23,24,25,28). The number of morpholine rings is 1. The van der Waals surface area contributed by atoms with E-state index >= 15 is 0 Å². The van der Waals surface area contributed by atoms with E-state index in [1.54, 1.807) is 24.5 Å². The minimum Gasteiger partial charge on any atom is -0.379 e. The zero-order valence-electron chi connectivity index (χ0n) is 19.3. The van der Waals surface area contributed by atoms with Crippen LogP contribution in [0.5, 0.6) is 0 Å². The van der Waals surface area contributed by atoms with Gasteiger partial charge in [0.05, 0.1) is 31.6 Å². The molecule has 2 fully saturated rings. The molecule has 11 heteroatoms. The van der Waals surface area contributed by atoms with Gasteiger partial charge in [-0.15, -0.1) is 0 Å². The molecule has 1 aromatic heterocycles. The molecule has 0 aromatic carbocycles. The Hall–Kier alpha value is -1.79. The summed E-state index contributed by atoms with van der Waals surface area (Å²) in [5.41, 5.74) is 0.675. The minimum atomic E-state index is -3.49. The summed E-state index contributed by atoms with van der Waals surface area (Å²) in [5, 5.41) is 5.51. The molecule has 1 saturated heterocycles. The topological polar surface area (TPSA) is 113 Å². The molecule has 3 rings (SSSR count). The maximum Gasteiger partial charge on any atom is 0.319 e. The number of aromatic nitrogens is 1. The highest BCUT2D eigenvalue weighted by Gasteiger charge is 2.33. The van der Waals surface area contributed by atoms with Crippen molar-refractivity contribution in [2.45, 2.75) is 51.0 Å². The zero-order chi connectivity index (χ0) is 23.4. The zero-order valence-corrected chi connectivity index (χ0v) is 20.1. The number of nitrogens with zero attached hydrogens (tertiary/aromatic N) is 3. The fraction of sp³-hybridized carbons (Fsp3) is 0.727. The van der Waals surface area contributed by atoms with Gasteiger partial charge in [0.25, 0.3) is 0 Å². The molecular weight excluding hydrogens is 446 g/mol. The van der Waals surface area contributed by atoms with E-state index in [1.807, 2.05) is 0 Å². The lowest BCUT2D eigenvalue weighted by molar-refractivity contribution is -0.118. The fourth-order valence-electron chi connectivity index (χ4n) is 4.10. The van der Waals surface area contributed by atoms with Crippen molar-refractivity contribution in [1.82, 2.24) is 19.7 Å². The van der Waals surface area contributed by atoms with Crippen LogP contribution in [-0.4, -0.2) is 86.6 Å². The van der Waals surface area contributed by atoms with Crippen molar-refractivity contribution >= 4 is 21.7 Å². The van der Waals surface area contributed by atoms with Gasteiger partial charge in [0.15, 0.2) is 0 Å². The van der Waals surface area contributed by atoms with Gasteiger partial charge in [-0.05, 0) is 37.8 Å². The average Bonchev–Trinajstić information content (AvgIpc) is 3.34. The first-order valence-corrected chi connectivity index (χ1v) is 13.6. The Kier molecular flexibility index (Phi) is 10.8. The summed E-state index contributed by atoms with van der Waals surface area (Å²) < 4.78 is 32.7. The molecule has 0 radical (unpaired) electrons. The second kappa shape index (κ2) is 13.8. The molecule has 0 spiro atoms. The Balaban J connectivity index is 1.35. The van der Waals surface area contributed by atoms with Crippen LogP contribution in [0.3, 0.4) is 0 Å². The van der Waals surface area contributed by atoms with Crippen molar-refractivity contribution in [3.05, 3.63) is 24.5 Å². The van der Waals surface area contributed by atoms with Crippen LogP contribution in [0.1, 0.15) is 44.9 Å². The second-order valence-corrected chi connectivity index (χ2v) is 10.4. The van der Waals surface area contributed by atoms with Crippen LogP contribution in [0.15, 0.2) is 24.5 Å². The maximum atomic E-state index is 13.0.